The molecule has 1 unspecified atom stereocenters. The highest BCUT2D eigenvalue weighted by molar-refractivity contribution is 5.79. The topological polar surface area (TPSA) is 61.4 Å². The highest BCUT2D eigenvalue weighted by Gasteiger charge is 2.27. The molecule has 3 heterocycles. The second-order valence-corrected chi connectivity index (χ2v) is 8.61. The number of anilines is 1. The summed E-state index contributed by atoms with van der Waals surface area (Å²) in [6, 6.07) is 6.31. The number of amides is 1. The number of carbonyl (C=O) groups is 1. The van der Waals surface area contributed by atoms with E-state index in [9.17, 15) is 9.18 Å². The molecule has 7 heteroatoms. The van der Waals surface area contributed by atoms with Crippen molar-refractivity contribution >= 4 is 11.9 Å². The lowest BCUT2D eigenvalue weighted by molar-refractivity contribution is -0.125. The van der Waals surface area contributed by atoms with Gasteiger partial charge < -0.3 is 15.1 Å². The van der Waals surface area contributed by atoms with E-state index in [0.717, 1.165) is 50.0 Å². The lowest BCUT2D eigenvalue weighted by Gasteiger charge is -2.32. The molecule has 2 aliphatic rings. The molecule has 31 heavy (non-hydrogen) atoms. The van der Waals surface area contributed by atoms with Crippen molar-refractivity contribution in [1.82, 2.24) is 20.2 Å². The fourth-order valence-corrected chi connectivity index (χ4v) is 4.49. The summed E-state index contributed by atoms with van der Waals surface area (Å²) in [5.41, 5.74) is 1.73. The van der Waals surface area contributed by atoms with Crippen molar-refractivity contribution in [3.63, 3.8) is 0 Å². The van der Waals surface area contributed by atoms with Crippen molar-refractivity contribution in [2.45, 2.75) is 38.5 Å². The first kappa shape index (κ1) is 21.7. The van der Waals surface area contributed by atoms with Crippen molar-refractivity contribution in [3.05, 3.63) is 42.5 Å². The zero-order chi connectivity index (χ0) is 21.5. The molecule has 1 aromatic carbocycles. The third-order valence-corrected chi connectivity index (χ3v) is 6.29. The van der Waals surface area contributed by atoms with E-state index in [4.69, 9.17) is 0 Å². The van der Waals surface area contributed by atoms with Crippen molar-refractivity contribution in [2.75, 3.05) is 44.2 Å². The van der Waals surface area contributed by atoms with Gasteiger partial charge in [0.2, 0.25) is 11.9 Å². The van der Waals surface area contributed by atoms with E-state index in [1.54, 1.807) is 24.5 Å². The number of hydrogen-bond acceptors (Lipinski definition) is 5. The Morgan fingerprint density at radius 1 is 1.00 bits per heavy atom. The van der Waals surface area contributed by atoms with Gasteiger partial charge in [-0.3, -0.25) is 4.79 Å². The van der Waals surface area contributed by atoms with Crippen LogP contribution in [0.2, 0.25) is 0 Å². The Labute approximate surface area is 183 Å². The minimum atomic E-state index is -0.259. The normalized spacial score (nSPS) is 19.9. The van der Waals surface area contributed by atoms with Gasteiger partial charge in [-0.25, -0.2) is 14.4 Å². The third kappa shape index (κ3) is 6.00. The molecule has 2 saturated heterocycles. The van der Waals surface area contributed by atoms with Crippen LogP contribution in [0.15, 0.2) is 36.7 Å². The van der Waals surface area contributed by atoms with Crippen LogP contribution in [0.1, 0.15) is 38.5 Å². The van der Waals surface area contributed by atoms with E-state index >= 15 is 0 Å². The smallest absolute Gasteiger partial charge is 0.225 e. The van der Waals surface area contributed by atoms with Gasteiger partial charge in [0.1, 0.15) is 5.82 Å². The van der Waals surface area contributed by atoms with E-state index < -0.39 is 0 Å². The van der Waals surface area contributed by atoms with Gasteiger partial charge >= 0.3 is 0 Å². The number of aromatic nitrogens is 2. The molecule has 2 aliphatic heterocycles. The monoisotopic (exact) mass is 425 g/mol. The van der Waals surface area contributed by atoms with Crippen LogP contribution in [0, 0.1) is 11.7 Å². The fourth-order valence-electron chi connectivity index (χ4n) is 4.49. The largest absolute Gasteiger partial charge is 0.356 e. The molecule has 1 N–H and O–H groups in total. The van der Waals surface area contributed by atoms with Gasteiger partial charge in [-0.05, 0) is 69.4 Å². The molecule has 1 aromatic heterocycles. The fraction of sp³-hybridized carbons (Fsp3) is 0.542. The Morgan fingerprint density at radius 2 is 1.74 bits per heavy atom. The van der Waals surface area contributed by atoms with Crippen LogP contribution in [-0.2, 0) is 4.79 Å². The van der Waals surface area contributed by atoms with Gasteiger partial charge in [-0.15, -0.1) is 0 Å². The van der Waals surface area contributed by atoms with Crippen molar-refractivity contribution < 1.29 is 9.18 Å². The van der Waals surface area contributed by atoms with E-state index in [1.165, 1.54) is 44.5 Å². The van der Waals surface area contributed by atoms with E-state index in [1.807, 2.05) is 0 Å². The molecule has 2 aromatic rings. The molecule has 1 atom stereocenters. The van der Waals surface area contributed by atoms with Crippen molar-refractivity contribution in [1.29, 1.82) is 0 Å². The first-order valence-corrected chi connectivity index (χ1v) is 11.5. The van der Waals surface area contributed by atoms with Crippen LogP contribution in [0.25, 0.3) is 11.1 Å². The minimum Gasteiger partial charge on any atom is -0.356 e. The zero-order valence-corrected chi connectivity index (χ0v) is 18.1. The Bertz CT molecular complexity index is 836. The number of hydrogen-bond donors (Lipinski definition) is 1. The second-order valence-electron chi connectivity index (χ2n) is 8.61. The highest BCUT2D eigenvalue weighted by atomic mass is 19.1. The first-order valence-electron chi connectivity index (χ1n) is 11.5. The summed E-state index contributed by atoms with van der Waals surface area (Å²) < 4.78 is 13.1. The molecule has 0 spiro atoms. The number of halogens is 1. The molecule has 2 fully saturated rings. The minimum absolute atomic E-state index is 0.0240. The van der Waals surface area contributed by atoms with Crippen LogP contribution in [0.5, 0.6) is 0 Å². The molecule has 4 rings (SSSR count). The standard InChI is InChI=1S/C24H32FN5O/c25-22-9-7-19(8-10-22)21-16-27-24(28-17-21)30-15-4-6-20(18-30)23(31)26-11-5-14-29-12-2-1-3-13-29/h7-10,16-17,20H,1-6,11-15,18H2,(H,26,31). The lowest BCUT2D eigenvalue weighted by atomic mass is 9.97. The van der Waals surface area contributed by atoms with Crippen LogP contribution >= 0.6 is 0 Å². The molecule has 166 valence electrons. The molecule has 0 bridgehead atoms. The summed E-state index contributed by atoms with van der Waals surface area (Å²) in [6.45, 7) is 5.72. The molecular formula is C24H32FN5O. The number of piperidine rings is 2. The van der Waals surface area contributed by atoms with Gasteiger partial charge in [0.05, 0.1) is 5.92 Å². The number of likely N-dealkylation sites (tertiary alicyclic amines) is 1. The number of nitrogens with zero attached hydrogens (tertiary/aromatic N) is 4. The predicted molar refractivity (Wildman–Crippen MR) is 120 cm³/mol. The van der Waals surface area contributed by atoms with Crippen LogP contribution < -0.4 is 10.2 Å². The molecule has 0 saturated carbocycles. The summed E-state index contributed by atoms with van der Waals surface area (Å²) in [5, 5.41) is 3.14. The van der Waals surface area contributed by atoms with E-state index in [-0.39, 0.29) is 17.6 Å². The Balaban J connectivity index is 1.25. The zero-order valence-electron chi connectivity index (χ0n) is 18.1. The molecule has 0 radical (unpaired) electrons. The summed E-state index contributed by atoms with van der Waals surface area (Å²) in [7, 11) is 0. The molecular weight excluding hydrogens is 393 g/mol. The van der Waals surface area contributed by atoms with E-state index in [0.29, 0.717) is 12.5 Å². The number of carbonyl (C=O) groups excluding carboxylic acids is 1. The third-order valence-electron chi connectivity index (χ3n) is 6.29. The lowest BCUT2D eigenvalue weighted by Crippen LogP contribution is -2.44. The van der Waals surface area contributed by atoms with Crippen LogP contribution in [0.3, 0.4) is 0 Å². The number of benzene rings is 1. The molecule has 6 nitrogen and oxygen atoms in total. The number of nitrogens with one attached hydrogen (secondary N) is 1. The highest BCUT2D eigenvalue weighted by Crippen LogP contribution is 2.23. The average Bonchev–Trinajstić information content (AvgIpc) is 2.83. The van der Waals surface area contributed by atoms with Gasteiger partial charge in [-0.2, -0.15) is 0 Å². The van der Waals surface area contributed by atoms with Gasteiger partial charge in [-0.1, -0.05) is 18.6 Å². The van der Waals surface area contributed by atoms with Crippen molar-refractivity contribution in [2.24, 2.45) is 5.92 Å². The van der Waals surface area contributed by atoms with Gasteiger partial charge in [0.25, 0.3) is 0 Å². The molecule has 0 aliphatic carbocycles. The van der Waals surface area contributed by atoms with E-state index in [2.05, 4.69) is 25.1 Å². The SMILES string of the molecule is O=C(NCCCN1CCCCC1)C1CCCN(c2ncc(-c3ccc(F)cc3)cn2)C1. The summed E-state index contributed by atoms with van der Waals surface area (Å²) in [5.74, 6) is 0.509. The average molecular weight is 426 g/mol. The van der Waals surface area contributed by atoms with Gasteiger partial charge in [0, 0.05) is 37.6 Å². The first-order chi connectivity index (χ1) is 15.2. The maximum absolute atomic E-state index is 13.1. The molecule has 1 amide bonds. The second kappa shape index (κ2) is 10.7. The quantitative estimate of drug-likeness (QED) is 0.688. The van der Waals surface area contributed by atoms with Crippen molar-refractivity contribution in [3.8, 4) is 11.1 Å². The maximum atomic E-state index is 13.1. The summed E-state index contributed by atoms with van der Waals surface area (Å²) in [6.07, 6.45) is 10.4. The summed E-state index contributed by atoms with van der Waals surface area (Å²) >= 11 is 0. The van der Waals surface area contributed by atoms with Gasteiger partial charge in [0.15, 0.2) is 0 Å². The summed E-state index contributed by atoms with van der Waals surface area (Å²) in [4.78, 5) is 26.3. The maximum Gasteiger partial charge on any atom is 0.225 e. The Morgan fingerprint density at radius 3 is 2.48 bits per heavy atom. The Hall–Kier alpha value is -2.54. The predicted octanol–water partition coefficient (Wildman–Crippen LogP) is 3.49. The number of rotatable bonds is 7. The van der Waals surface area contributed by atoms with Crippen LogP contribution in [-0.4, -0.2) is 60.0 Å². The van der Waals surface area contributed by atoms with Crippen LogP contribution in [0.4, 0.5) is 10.3 Å². The Kier molecular flexibility index (Phi) is 7.46.